The molecule has 0 radical (unpaired) electrons. The van der Waals surface area contributed by atoms with E-state index < -0.39 is 0 Å². The molecule has 0 bridgehead atoms. The summed E-state index contributed by atoms with van der Waals surface area (Å²) in [5, 5.41) is 6.98. The Morgan fingerprint density at radius 2 is 1.83 bits per heavy atom. The molecule has 5 heteroatoms. The molecule has 0 spiro atoms. The van der Waals surface area contributed by atoms with E-state index in [0.29, 0.717) is 11.7 Å². The van der Waals surface area contributed by atoms with Crippen LogP contribution in [0.5, 0.6) is 5.75 Å². The SMILES string of the molecule is COc1ccc(C)cc1NC(=S)NCc1ccc(N(C)C)cc1. The molecule has 23 heavy (non-hydrogen) atoms. The van der Waals surface area contributed by atoms with Crippen molar-refractivity contribution in [3.63, 3.8) is 0 Å². The maximum Gasteiger partial charge on any atom is 0.171 e. The van der Waals surface area contributed by atoms with Crippen LogP contribution < -0.4 is 20.3 Å². The Morgan fingerprint density at radius 1 is 1.13 bits per heavy atom. The number of anilines is 2. The zero-order chi connectivity index (χ0) is 16.8. The van der Waals surface area contributed by atoms with Gasteiger partial charge in [-0.1, -0.05) is 18.2 Å². The first kappa shape index (κ1) is 17.1. The van der Waals surface area contributed by atoms with Crippen LogP contribution in [0.2, 0.25) is 0 Å². The minimum absolute atomic E-state index is 0.575. The number of nitrogens with zero attached hydrogens (tertiary/aromatic N) is 1. The Hall–Kier alpha value is -2.27. The van der Waals surface area contributed by atoms with Crippen LogP contribution in [-0.2, 0) is 6.54 Å². The number of benzene rings is 2. The lowest BCUT2D eigenvalue weighted by Gasteiger charge is -2.15. The zero-order valence-electron chi connectivity index (χ0n) is 14.0. The van der Waals surface area contributed by atoms with E-state index in [-0.39, 0.29) is 0 Å². The van der Waals surface area contributed by atoms with E-state index in [9.17, 15) is 0 Å². The monoisotopic (exact) mass is 329 g/mol. The van der Waals surface area contributed by atoms with Crippen molar-refractivity contribution in [2.24, 2.45) is 0 Å². The lowest BCUT2D eigenvalue weighted by Crippen LogP contribution is -2.28. The van der Waals surface area contributed by atoms with Gasteiger partial charge in [0.2, 0.25) is 0 Å². The third-order valence-electron chi connectivity index (χ3n) is 3.51. The van der Waals surface area contributed by atoms with Crippen LogP contribution in [-0.4, -0.2) is 26.3 Å². The summed E-state index contributed by atoms with van der Waals surface area (Å²) >= 11 is 5.37. The van der Waals surface area contributed by atoms with Crippen LogP contribution >= 0.6 is 12.2 Å². The van der Waals surface area contributed by atoms with Crippen LogP contribution in [0.4, 0.5) is 11.4 Å². The highest BCUT2D eigenvalue weighted by Crippen LogP contribution is 2.25. The minimum atomic E-state index is 0.575. The van der Waals surface area contributed by atoms with Gasteiger partial charge in [0.05, 0.1) is 12.8 Å². The van der Waals surface area contributed by atoms with E-state index in [1.807, 2.05) is 39.2 Å². The molecule has 2 aromatic rings. The molecule has 0 aromatic heterocycles. The molecular weight excluding hydrogens is 306 g/mol. The van der Waals surface area contributed by atoms with Crippen molar-refractivity contribution < 1.29 is 4.74 Å². The van der Waals surface area contributed by atoms with Gasteiger partial charge in [0.1, 0.15) is 5.75 Å². The van der Waals surface area contributed by atoms with Gasteiger partial charge in [-0.3, -0.25) is 0 Å². The first-order chi connectivity index (χ1) is 11.0. The molecule has 0 saturated heterocycles. The van der Waals surface area contributed by atoms with Gasteiger partial charge >= 0.3 is 0 Å². The molecule has 0 aliphatic heterocycles. The number of rotatable bonds is 5. The van der Waals surface area contributed by atoms with Crippen molar-refractivity contribution in [2.75, 3.05) is 31.4 Å². The number of aryl methyl sites for hydroxylation is 1. The summed E-state index contributed by atoms with van der Waals surface area (Å²) in [6.45, 7) is 2.71. The van der Waals surface area contributed by atoms with Gasteiger partial charge in [0.25, 0.3) is 0 Å². The lowest BCUT2D eigenvalue weighted by atomic mass is 10.2. The second-order valence-corrected chi connectivity index (χ2v) is 5.98. The Labute approximate surface area is 143 Å². The number of thiocarbonyl (C=S) groups is 1. The number of nitrogens with one attached hydrogen (secondary N) is 2. The summed E-state index contributed by atoms with van der Waals surface area (Å²) in [6.07, 6.45) is 0. The molecular formula is C18H23N3OS. The predicted molar refractivity (Wildman–Crippen MR) is 102 cm³/mol. The van der Waals surface area contributed by atoms with Crippen molar-refractivity contribution in [2.45, 2.75) is 13.5 Å². The molecule has 0 atom stereocenters. The van der Waals surface area contributed by atoms with E-state index in [2.05, 4.69) is 39.8 Å². The lowest BCUT2D eigenvalue weighted by molar-refractivity contribution is 0.417. The number of ether oxygens (including phenoxy) is 1. The fourth-order valence-corrected chi connectivity index (χ4v) is 2.36. The number of hydrogen-bond acceptors (Lipinski definition) is 3. The maximum absolute atomic E-state index is 5.37. The Balaban J connectivity index is 1.94. The zero-order valence-corrected chi connectivity index (χ0v) is 14.8. The smallest absolute Gasteiger partial charge is 0.171 e. The molecule has 0 saturated carbocycles. The summed E-state index contributed by atoms with van der Waals surface area (Å²) in [6, 6.07) is 14.3. The van der Waals surface area contributed by atoms with Gasteiger partial charge in [-0.05, 0) is 54.5 Å². The first-order valence-electron chi connectivity index (χ1n) is 7.45. The number of methoxy groups -OCH3 is 1. The summed E-state index contributed by atoms with van der Waals surface area (Å²) in [5.74, 6) is 0.773. The third-order valence-corrected chi connectivity index (χ3v) is 3.76. The molecule has 0 unspecified atom stereocenters. The average molecular weight is 329 g/mol. The molecule has 4 nitrogen and oxygen atoms in total. The molecule has 0 fully saturated rings. The van der Waals surface area contributed by atoms with Gasteiger partial charge in [-0.25, -0.2) is 0 Å². The second-order valence-electron chi connectivity index (χ2n) is 5.57. The third kappa shape index (κ3) is 4.86. The predicted octanol–water partition coefficient (Wildman–Crippen LogP) is 3.56. The number of hydrogen-bond donors (Lipinski definition) is 2. The van der Waals surface area contributed by atoms with Crippen molar-refractivity contribution in [1.82, 2.24) is 5.32 Å². The van der Waals surface area contributed by atoms with Crippen molar-refractivity contribution in [1.29, 1.82) is 0 Å². The summed E-state index contributed by atoms with van der Waals surface area (Å²) in [5.41, 5.74) is 4.37. The molecule has 2 N–H and O–H groups in total. The molecule has 0 aliphatic carbocycles. The van der Waals surface area contributed by atoms with Crippen molar-refractivity contribution in [3.05, 3.63) is 53.6 Å². The second kappa shape index (κ2) is 7.83. The van der Waals surface area contributed by atoms with E-state index >= 15 is 0 Å². The summed E-state index contributed by atoms with van der Waals surface area (Å²) < 4.78 is 5.35. The maximum atomic E-state index is 5.37. The fraction of sp³-hybridized carbons (Fsp3) is 0.278. The topological polar surface area (TPSA) is 36.5 Å². The fourth-order valence-electron chi connectivity index (χ4n) is 2.18. The van der Waals surface area contributed by atoms with Crippen LogP contribution in [0.15, 0.2) is 42.5 Å². The van der Waals surface area contributed by atoms with Crippen LogP contribution in [0.3, 0.4) is 0 Å². The van der Waals surface area contributed by atoms with E-state index in [4.69, 9.17) is 17.0 Å². The minimum Gasteiger partial charge on any atom is -0.495 e. The highest BCUT2D eigenvalue weighted by atomic mass is 32.1. The standard InChI is InChI=1S/C18H23N3OS/c1-13-5-10-17(22-4)16(11-13)20-18(23)19-12-14-6-8-15(9-7-14)21(2)3/h5-11H,12H2,1-4H3,(H2,19,20,23). The normalized spacial score (nSPS) is 10.1. The molecule has 2 rings (SSSR count). The highest BCUT2D eigenvalue weighted by molar-refractivity contribution is 7.80. The van der Waals surface area contributed by atoms with E-state index in [1.165, 1.54) is 11.3 Å². The summed E-state index contributed by atoms with van der Waals surface area (Å²) in [4.78, 5) is 2.08. The van der Waals surface area contributed by atoms with Crippen molar-refractivity contribution >= 4 is 28.7 Å². The Bertz CT molecular complexity index is 668. The van der Waals surface area contributed by atoms with Gasteiger partial charge in [0.15, 0.2) is 5.11 Å². The Kier molecular flexibility index (Phi) is 5.82. The molecule has 0 heterocycles. The molecule has 0 aliphatic rings. The first-order valence-corrected chi connectivity index (χ1v) is 7.86. The van der Waals surface area contributed by atoms with Crippen LogP contribution in [0.25, 0.3) is 0 Å². The van der Waals surface area contributed by atoms with Crippen LogP contribution in [0.1, 0.15) is 11.1 Å². The Morgan fingerprint density at radius 3 is 2.43 bits per heavy atom. The molecule has 0 amide bonds. The van der Waals surface area contributed by atoms with Gasteiger partial charge in [-0.2, -0.15) is 0 Å². The van der Waals surface area contributed by atoms with Crippen LogP contribution in [0, 0.1) is 6.92 Å². The van der Waals surface area contributed by atoms with Gasteiger partial charge < -0.3 is 20.3 Å². The summed E-state index contributed by atoms with van der Waals surface area (Å²) in [7, 11) is 5.71. The van der Waals surface area contributed by atoms with Crippen molar-refractivity contribution in [3.8, 4) is 5.75 Å². The molecule has 122 valence electrons. The average Bonchev–Trinajstić information content (AvgIpc) is 2.53. The largest absolute Gasteiger partial charge is 0.495 e. The highest BCUT2D eigenvalue weighted by Gasteiger charge is 2.05. The quantitative estimate of drug-likeness (QED) is 0.821. The van der Waals surface area contributed by atoms with E-state index in [0.717, 1.165) is 17.0 Å². The molecule has 2 aromatic carbocycles. The van der Waals surface area contributed by atoms with Gasteiger partial charge in [0, 0.05) is 26.3 Å². The van der Waals surface area contributed by atoms with E-state index in [1.54, 1.807) is 7.11 Å². The van der Waals surface area contributed by atoms with Gasteiger partial charge in [-0.15, -0.1) is 0 Å².